The van der Waals surface area contributed by atoms with Crippen molar-refractivity contribution in [3.63, 3.8) is 0 Å². The third-order valence-electron chi connectivity index (χ3n) is 7.58. The molecule has 0 bridgehead atoms. The first-order valence-electron chi connectivity index (χ1n) is 15.6. The number of aliphatic hydroxyl groups is 1. The monoisotopic (exact) mass is 599 g/mol. The van der Waals surface area contributed by atoms with Gasteiger partial charge in [0, 0.05) is 12.8 Å². The molecule has 1 saturated heterocycles. The van der Waals surface area contributed by atoms with Gasteiger partial charge < -0.3 is 25.1 Å². The van der Waals surface area contributed by atoms with E-state index < -0.39 is 66.2 Å². The first kappa shape index (κ1) is 35.6. The van der Waals surface area contributed by atoms with E-state index in [1.54, 1.807) is 0 Å². The second kappa shape index (κ2) is 19.6. The van der Waals surface area contributed by atoms with E-state index in [4.69, 9.17) is 19.9 Å². The second-order valence-electron chi connectivity index (χ2n) is 11.2. The van der Waals surface area contributed by atoms with Crippen LogP contribution in [0.25, 0.3) is 0 Å². The summed E-state index contributed by atoms with van der Waals surface area (Å²) in [5, 5.41) is 11.0. The van der Waals surface area contributed by atoms with Crippen molar-refractivity contribution in [2.45, 2.75) is 147 Å². The Hall–Kier alpha value is -2.57. The van der Waals surface area contributed by atoms with Crippen LogP contribution in [0.4, 0.5) is 4.39 Å². The standard InChI is InChI=1S/C30H50FN3O8/c1-3-5-7-9-11-13-15-17-23(35)40-20-22-26(37)27(42-24(36)18-16-14-12-10-8-6-4-2)25(32)29(41-22)34-19-21(31)28(38)33-30(34)39/h19,22,25-27,29,37H,3-18,20,32H2,1-2H3,(H,33,38,39). The summed E-state index contributed by atoms with van der Waals surface area (Å²) >= 11 is 0. The molecule has 4 N–H and O–H groups in total. The fourth-order valence-corrected chi connectivity index (χ4v) is 5.05. The van der Waals surface area contributed by atoms with Gasteiger partial charge in [-0.2, -0.15) is 4.39 Å². The van der Waals surface area contributed by atoms with E-state index in [1.165, 1.54) is 19.3 Å². The number of unbranched alkanes of at least 4 members (excludes halogenated alkanes) is 12. The largest absolute Gasteiger partial charge is 0.463 e. The Morgan fingerprint density at radius 3 is 2.02 bits per heavy atom. The number of carbonyl (C=O) groups is 2. The average Bonchev–Trinajstić information content (AvgIpc) is 2.96. The molecule has 240 valence electrons. The Kier molecular flexibility index (Phi) is 16.6. The molecule has 2 rings (SSSR count). The number of aromatic nitrogens is 2. The normalized spacial score (nSPS) is 22.2. The number of aliphatic hydroxyl groups excluding tert-OH is 1. The molecule has 5 unspecified atom stereocenters. The summed E-state index contributed by atoms with van der Waals surface area (Å²) in [6, 6.07) is -1.29. The summed E-state index contributed by atoms with van der Waals surface area (Å²) in [6.07, 6.45) is 9.78. The highest BCUT2D eigenvalue weighted by molar-refractivity contribution is 5.70. The Morgan fingerprint density at radius 1 is 0.929 bits per heavy atom. The van der Waals surface area contributed by atoms with Crippen molar-refractivity contribution in [2.24, 2.45) is 5.73 Å². The van der Waals surface area contributed by atoms with Crippen molar-refractivity contribution in [2.75, 3.05) is 6.61 Å². The van der Waals surface area contributed by atoms with Crippen molar-refractivity contribution in [1.29, 1.82) is 0 Å². The van der Waals surface area contributed by atoms with Gasteiger partial charge in [-0.1, -0.05) is 90.9 Å². The van der Waals surface area contributed by atoms with Crippen LogP contribution in [-0.4, -0.2) is 57.6 Å². The Labute approximate surface area is 247 Å². The number of nitrogens with one attached hydrogen (secondary N) is 1. The summed E-state index contributed by atoms with van der Waals surface area (Å²) in [7, 11) is 0. The molecule has 0 aromatic carbocycles. The smallest absolute Gasteiger partial charge is 0.330 e. The molecule has 5 atom stereocenters. The van der Waals surface area contributed by atoms with Crippen LogP contribution in [0.15, 0.2) is 15.8 Å². The van der Waals surface area contributed by atoms with Gasteiger partial charge >= 0.3 is 17.6 Å². The minimum atomic E-state index is -1.48. The summed E-state index contributed by atoms with van der Waals surface area (Å²) in [6.45, 7) is 3.90. The highest BCUT2D eigenvalue weighted by atomic mass is 19.1. The van der Waals surface area contributed by atoms with E-state index in [0.717, 1.165) is 62.4 Å². The summed E-state index contributed by atoms with van der Waals surface area (Å²) < 4.78 is 31.5. The van der Waals surface area contributed by atoms with E-state index in [9.17, 15) is 28.7 Å². The molecule has 1 aliphatic heterocycles. The predicted molar refractivity (Wildman–Crippen MR) is 155 cm³/mol. The molecule has 0 spiro atoms. The van der Waals surface area contributed by atoms with Crippen LogP contribution in [0.5, 0.6) is 0 Å². The molecule has 42 heavy (non-hydrogen) atoms. The molecule has 0 amide bonds. The molecular weight excluding hydrogens is 549 g/mol. The number of carbonyl (C=O) groups excluding carboxylic acids is 2. The van der Waals surface area contributed by atoms with E-state index in [0.29, 0.717) is 19.0 Å². The molecule has 1 fully saturated rings. The molecule has 0 radical (unpaired) electrons. The van der Waals surface area contributed by atoms with Crippen LogP contribution < -0.4 is 17.0 Å². The SMILES string of the molecule is CCCCCCCCCC(=O)OCC1OC(n2cc(F)c(=O)[nH]c2=O)C(N)C(OC(=O)CCCCCCCCC)C1O. The number of ether oxygens (including phenoxy) is 3. The van der Waals surface area contributed by atoms with Crippen LogP contribution >= 0.6 is 0 Å². The molecular formula is C30H50FN3O8. The first-order chi connectivity index (χ1) is 20.2. The number of nitrogens with two attached hydrogens (primary N) is 1. The van der Waals surface area contributed by atoms with Gasteiger partial charge in [-0.05, 0) is 12.8 Å². The molecule has 0 aliphatic carbocycles. The maximum Gasteiger partial charge on any atom is 0.330 e. The Morgan fingerprint density at radius 2 is 1.45 bits per heavy atom. The lowest BCUT2D eigenvalue weighted by Crippen LogP contribution is -2.62. The van der Waals surface area contributed by atoms with Crippen molar-refractivity contribution >= 4 is 11.9 Å². The summed E-state index contributed by atoms with van der Waals surface area (Å²) in [4.78, 5) is 50.9. The zero-order chi connectivity index (χ0) is 30.9. The van der Waals surface area contributed by atoms with Gasteiger partial charge in [-0.3, -0.25) is 23.9 Å². The Bertz CT molecular complexity index is 1060. The molecule has 1 aliphatic rings. The van der Waals surface area contributed by atoms with E-state index in [-0.39, 0.29) is 12.8 Å². The highest BCUT2D eigenvalue weighted by Gasteiger charge is 2.47. The number of esters is 2. The molecule has 1 aromatic rings. The van der Waals surface area contributed by atoms with E-state index in [2.05, 4.69) is 13.8 Å². The number of halogens is 1. The molecule has 1 aromatic heterocycles. The number of aromatic amines is 1. The van der Waals surface area contributed by atoms with E-state index in [1.807, 2.05) is 4.98 Å². The predicted octanol–water partition coefficient (Wildman–Crippen LogP) is 4.00. The zero-order valence-corrected chi connectivity index (χ0v) is 25.2. The third-order valence-corrected chi connectivity index (χ3v) is 7.58. The minimum Gasteiger partial charge on any atom is -0.463 e. The van der Waals surface area contributed by atoms with E-state index >= 15 is 0 Å². The maximum absolute atomic E-state index is 14.1. The van der Waals surface area contributed by atoms with Crippen molar-refractivity contribution in [3.05, 3.63) is 32.9 Å². The van der Waals surface area contributed by atoms with Gasteiger partial charge in [0.2, 0.25) is 5.82 Å². The quantitative estimate of drug-likeness (QED) is 0.148. The molecule has 12 heteroatoms. The number of hydrogen-bond acceptors (Lipinski definition) is 9. The number of nitrogens with zero attached hydrogens (tertiary/aromatic N) is 1. The van der Waals surface area contributed by atoms with Gasteiger partial charge in [0.25, 0.3) is 5.56 Å². The van der Waals surface area contributed by atoms with Gasteiger partial charge in [0.05, 0.1) is 12.2 Å². The topological polar surface area (TPSA) is 163 Å². The minimum absolute atomic E-state index is 0.112. The number of H-pyrrole nitrogens is 1. The lowest BCUT2D eigenvalue weighted by molar-refractivity contribution is -0.226. The average molecular weight is 600 g/mol. The second-order valence-corrected chi connectivity index (χ2v) is 11.2. The van der Waals surface area contributed by atoms with Gasteiger partial charge in [0.15, 0.2) is 6.23 Å². The van der Waals surface area contributed by atoms with Crippen LogP contribution in [0.1, 0.15) is 123 Å². The van der Waals surface area contributed by atoms with Crippen LogP contribution in [0, 0.1) is 5.82 Å². The van der Waals surface area contributed by atoms with Crippen molar-refractivity contribution in [1.82, 2.24) is 9.55 Å². The van der Waals surface area contributed by atoms with Crippen LogP contribution in [0.2, 0.25) is 0 Å². The van der Waals surface area contributed by atoms with Crippen LogP contribution in [0.3, 0.4) is 0 Å². The lowest BCUT2D eigenvalue weighted by Gasteiger charge is -2.42. The number of rotatable bonds is 20. The summed E-state index contributed by atoms with van der Waals surface area (Å²) in [5.74, 6) is -2.31. The van der Waals surface area contributed by atoms with Crippen molar-refractivity contribution < 1.29 is 33.3 Å². The third kappa shape index (κ3) is 12.0. The van der Waals surface area contributed by atoms with Gasteiger partial charge in [-0.25, -0.2) is 4.79 Å². The zero-order valence-electron chi connectivity index (χ0n) is 25.2. The summed E-state index contributed by atoms with van der Waals surface area (Å²) in [5.41, 5.74) is 4.06. The van der Waals surface area contributed by atoms with Gasteiger partial charge in [0.1, 0.15) is 24.9 Å². The molecule has 2 heterocycles. The highest BCUT2D eigenvalue weighted by Crippen LogP contribution is 2.29. The van der Waals surface area contributed by atoms with Gasteiger partial charge in [-0.15, -0.1) is 0 Å². The van der Waals surface area contributed by atoms with Crippen LogP contribution in [-0.2, 0) is 23.8 Å². The fraction of sp³-hybridized carbons (Fsp3) is 0.800. The molecule has 0 saturated carbocycles. The maximum atomic E-state index is 14.1. The number of hydrogen-bond donors (Lipinski definition) is 3. The molecule has 11 nitrogen and oxygen atoms in total. The first-order valence-corrected chi connectivity index (χ1v) is 15.6. The Balaban J connectivity index is 2.02. The fourth-order valence-electron chi connectivity index (χ4n) is 5.05. The van der Waals surface area contributed by atoms with Crippen molar-refractivity contribution in [3.8, 4) is 0 Å². The lowest BCUT2D eigenvalue weighted by atomic mass is 9.96.